The number of amidine groups is 1. The third-order valence-electron chi connectivity index (χ3n) is 6.61. The number of nitrogens with zero attached hydrogens (tertiary/aromatic N) is 5. The first-order valence-electron chi connectivity index (χ1n) is 12.0. The Bertz CT molecular complexity index is 1180. The summed E-state index contributed by atoms with van der Waals surface area (Å²) in [5.74, 6) is -2.21. The SMILES string of the molecule is CC(C)c1cc(C2N(CC(F)(F)F)N=C(C(N)=O)N2c2ccc(N3CCN(C)CC3)cc2)c(O)cc1O. The molecule has 2 aliphatic heterocycles. The Hall–Kier alpha value is -3.67. The van der Waals surface area contributed by atoms with E-state index in [1.165, 1.54) is 11.0 Å². The molecule has 1 fully saturated rings. The summed E-state index contributed by atoms with van der Waals surface area (Å²) in [6, 6.07) is 9.58. The van der Waals surface area contributed by atoms with Crippen LogP contribution in [0, 0.1) is 0 Å². The maximum Gasteiger partial charge on any atom is 0.407 e. The van der Waals surface area contributed by atoms with Crippen LogP contribution in [0.4, 0.5) is 24.5 Å². The second kappa shape index (κ2) is 10.0. The first kappa shape index (κ1) is 26.4. The quantitative estimate of drug-likeness (QED) is 0.537. The van der Waals surface area contributed by atoms with Crippen LogP contribution in [0.25, 0.3) is 0 Å². The summed E-state index contributed by atoms with van der Waals surface area (Å²) in [4.78, 5) is 18.1. The molecule has 4 rings (SSSR count). The van der Waals surface area contributed by atoms with Crippen LogP contribution in [-0.4, -0.2) is 77.8 Å². The largest absolute Gasteiger partial charge is 0.508 e. The van der Waals surface area contributed by atoms with E-state index in [1.807, 2.05) is 12.1 Å². The standard InChI is InChI=1S/C25H31F3N6O3/c1-15(2)18-12-19(21(36)13-20(18)35)24-33(14-25(26,27)28)30-23(22(29)37)34(24)17-6-4-16(5-7-17)32-10-8-31(3)9-11-32/h4-7,12-13,15,24,35-36H,8-11,14H2,1-3H3,(H2,29,37). The summed E-state index contributed by atoms with van der Waals surface area (Å²) in [7, 11) is 2.05. The number of piperazine rings is 1. The molecule has 4 N–H and O–H groups in total. The molecule has 0 aliphatic carbocycles. The van der Waals surface area contributed by atoms with E-state index in [0.717, 1.165) is 37.9 Å². The molecule has 1 saturated heterocycles. The van der Waals surface area contributed by atoms with Crippen molar-refractivity contribution in [1.29, 1.82) is 0 Å². The van der Waals surface area contributed by atoms with Crippen molar-refractivity contribution >= 4 is 23.1 Å². The molecule has 37 heavy (non-hydrogen) atoms. The summed E-state index contributed by atoms with van der Waals surface area (Å²) in [5.41, 5.74) is 7.35. The van der Waals surface area contributed by atoms with Crippen LogP contribution in [0.3, 0.4) is 0 Å². The Morgan fingerprint density at radius 2 is 1.65 bits per heavy atom. The molecule has 9 nitrogen and oxygen atoms in total. The van der Waals surface area contributed by atoms with Crippen molar-refractivity contribution < 1.29 is 28.2 Å². The predicted octanol–water partition coefficient (Wildman–Crippen LogP) is 3.15. The fraction of sp³-hybridized carbons (Fsp3) is 0.440. The lowest BCUT2D eigenvalue weighted by Crippen LogP contribution is -2.44. The van der Waals surface area contributed by atoms with Gasteiger partial charge in [-0.3, -0.25) is 14.7 Å². The summed E-state index contributed by atoms with van der Waals surface area (Å²) >= 11 is 0. The maximum atomic E-state index is 13.6. The van der Waals surface area contributed by atoms with Gasteiger partial charge in [0.2, 0.25) is 5.84 Å². The van der Waals surface area contributed by atoms with E-state index in [9.17, 15) is 28.2 Å². The molecular formula is C25H31F3N6O3. The van der Waals surface area contributed by atoms with Crippen molar-refractivity contribution in [2.45, 2.75) is 32.1 Å². The van der Waals surface area contributed by atoms with Gasteiger partial charge in [0.05, 0.1) is 0 Å². The van der Waals surface area contributed by atoms with Crippen molar-refractivity contribution in [3.05, 3.63) is 47.5 Å². The van der Waals surface area contributed by atoms with Gasteiger partial charge in [-0.25, -0.2) is 0 Å². The zero-order chi connectivity index (χ0) is 27.1. The molecule has 1 unspecified atom stereocenters. The molecule has 1 amide bonds. The summed E-state index contributed by atoms with van der Waals surface area (Å²) in [6.45, 7) is 5.58. The van der Waals surface area contributed by atoms with E-state index in [-0.39, 0.29) is 23.1 Å². The Labute approximate surface area is 213 Å². The minimum Gasteiger partial charge on any atom is -0.508 e. The molecular weight excluding hydrogens is 489 g/mol. The Morgan fingerprint density at radius 3 is 2.19 bits per heavy atom. The third-order valence-corrected chi connectivity index (χ3v) is 6.61. The van der Waals surface area contributed by atoms with Gasteiger partial charge in [0.1, 0.15) is 18.0 Å². The summed E-state index contributed by atoms with van der Waals surface area (Å²) in [5, 5.41) is 25.6. The number of likely N-dealkylation sites (N-methyl/N-ethyl adjacent to an activating group) is 1. The van der Waals surface area contributed by atoms with E-state index in [2.05, 4.69) is 21.9 Å². The molecule has 0 aromatic heterocycles. The normalized spacial score (nSPS) is 19.1. The fourth-order valence-corrected chi connectivity index (χ4v) is 4.68. The number of benzene rings is 2. The molecule has 2 heterocycles. The van der Waals surface area contributed by atoms with Crippen LogP contribution in [0.2, 0.25) is 0 Å². The van der Waals surface area contributed by atoms with Gasteiger partial charge in [-0.05, 0) is 48.9 Å². The molecule has 2 aromatic rings. The van der Waals surface area contributed by atoms with Gasteiger partial charge in [0.15, 0.2) is 6.17 Å². The second-order valence-corrected chi connectivity index (χ2v) is 9.68. The number of hydrogen-bond acceptors (Lipinski definition) is 8. The number of rotatable bonds is 6. The van der Waals surface area contributed by atoms with Gasteiger partial charge in [0, 0.05) is 49.2 Å². The lowest BCUT2D eigenvalue weighted by Gasteiger charge is -2.35. The summed E-state index contributed by atoms with van der Waals surface area (Å²) in [6.07, 6.45) is -5.99. The highest BCUT2D eigenvalue weighted by Crippen LogP contribution is 2.43. The molecule has 0 saturated carbocycles. The van der Waals surface area contributed by atoms with Gasteiger partial charge in [-0.2, -0.15) is 18.3 Å². The van der Waals surface area contributed by atoms with E-state index in [0.29, 0.717) is 16.3 Å². The van der Waals surface area contributed by atoms with Crippen molar-refractivity contribution in [3.63, 3.8) is 0 Å². The van der Waals surface area contributed by atoms with Gasteiger partial charge in [0.25, 0.3) is 5.91 Å². The Morgan fingerprint density at radius 1 is 1.05 bits per heavy atom. The van der Waals surface area contributed by atoms with Crippen molar-refractivity contribution in [2.24, 2.45) is 10.8 Å². The second-order valence-electron chi connectivity index (χ2n) is 9.68. The van der Waals surface area contributed by atoms with E-state index >= 15 is 0 Å². The minimum atomic E-state index is -4.65. The lowest BCUT2D eigenvalue weighted by molar-refractivity contribution is -0.149. The van der Waals surface area contributed by atoms with Gasteiger partial charge >= 0.3 is 6.18 Å². The Kier molecular flexibility index (Phi) is 7.13. The number of hydrazone groups is 1. The van der Waals surface area contributed by atoms with E-state index in [1.54, 1.807) is 26.0 Å². The number of anilines is 2. The topological polar surface area (TPSA) is 109 Å². The smallest absolute Gasteiger partial charge is 0.407 e. The summed E-state index contributed by atoms with van der Waals surface area (Å²) < 4.78 is 40.7. The predicted molar refractivity (Wildman–Crippen MR) is 135 cm³/mol. The zero-order valence-corrected chi connectivity index (χ0v) is 20.9. The van der Waals surface area contributed by atoms with Crippen LogP contribution >= 0.6 is 0 Å². The average Bonchev–Trinajstić information content (AvgIpc) is 3.17. The first-order valence-corrected chi connectivity index (χ1v) is 12.0. The van der Waals surface area contributed by atoms with Crippen molar-refractivity contribution in [2.75, 3.05) is 49.6 Å². The highest BCUT2D eigenvalue weighted by atomic mass is 19.4. The number of alkyl halides is 3. The third kappa shape index (κ3) is 5.53. The van der Waals surface area contributed by atoms with Gasteiger partial charge in [-0.1, -0.05) is 13.8 Å². The van der Waals surface area contributed by atoms with Crippen LogP contribution in [0.1, 0.15) is 37.1 Å². The molecule has 0 bridgehead atoms. The molecule has 2 aromatic carbocycles. The van der Waals surface area contributed by atoms with Gasteiger partial charge in [-0.15, -0.1) is 0 Å². The monoisotopic (exact) mass is 520 g/mol. The molecule has 200 valence electrons. The number of carbonyl (C=O) groups is 1. The van der Waals surface area contributed by atoms with Gasteiger partial charge < -0.3 is 25.7 Å². The molecule has 0 radical (unpaired) electrons. The fourth-order valence-electron chi connectivity index (χ4n) is 4.68. The highest BCUT2D eigenvalue weighted by molar-refractivity contribution is 6.43. The number of phenolic OH excluding ortho intramolecular Hbond substituents is 2. The van der Waals surface area contributed by atoms with Crippen molar-refractivity contribution in [3.8, 4) is 11.5 Å². The number of phenols is 2. The number of primary amides is 1. The van der Waals surface area contributed by atoms with Crippen LogP contribution in [0.15, 0.2) is 41.5 Å². The highest BCUT2D eigenvalue weighted by Gasteiger charge is 2.45. The van der Waals surface area contributed by atoms with Crippen LogP contribution < -0.4 is 15.5 Å². The van der Waals surface area contributed by atoms with Crippen LogP contribution in [-0.2, 0) is 4.79 Å². The molecule has 1 atom stereocenters. The lowest BCUT2D eigenvalue weighted by atomic mass is 9.97. The van der Waals surface area contributed by atoms with Crippen LogP contribution in [0.5, 0.6) is 11.5 Å². The molecule has 2 aliphatic rings. The minimum absolute atomic E-state index is 0.0499. The number of carbonyl (C=O) groups excluding carboxylic acids is 1. The average molecular weight is 521 g/mol. The number of nitrogens with two attached hydrogens (primary N) is 1. The number of hydrogen-bond donors (Lipinski definition) is 3. The number of halogens is 3. The first-order chi connectivity index (χ1) is 17.4. The zero-order valence-electron chi connectivity index (χ0n) is 20.9. The molecule has 12 heteroatoms. The number of aromatic hydroxyl groups is 2. The van der Waals surface area contributed by atoms with Crippen molar-refractivity contribution in [1.82, 2.24) is 9.91 Å². The van der Waals surface area contributed by atoms with E-state index in [4.69, 9.17) is 5.73 Å². The molecule has 0 spiro atoms. The number of amides is 1. The van der Waals surface area contributed by atoms with E-state index < -0.39 is 30.5 Å². The maximum absolute atomic E-state index is 13.6. The Balaban J connectivity index is 1.79.